The van der Waals surface area contributed by atoms with Gasteiger partial charge in [-0.25, -0.2) is 15.0 Å². The Balaban J connectivity index is 1.80. The highest BCUT2D eigenvalue weighted by Gasteiger charge is 2.31. The van der Waals surface area contributed by atoms with E-state index in [9.17, 15) is 0 Å². The summed E-state index contributed by atoms with van der Waals surface area (Å²) in [5.74, 6) is 1.94. The number of hydrogen-bond donors (Lipinski definition) is 0. The highest BCUT2D eigenvalue weighted by atomic mass is 15.3. The van der Waals surface area contributed by atoms with Crippen molar-refractivity contribution in [3.05, 3.63) is 48.5 Å². The van der Waals surface area contributed by atoms with Crippen molar-refractivity contribution in [2.45, 2.75) is 32.4 Å². The standard InChI is InChI=1S/C17H19N5/c1-2-21-14-8-4-3-7-13(14)20-16(21)15-9-5-12-22(15)17-18-10-6-11-19-17/h3-4,6-8,10-11,15H,2,5,9,12H2,1H3/t15-/m0/s1. The third kappa shape index (κ3) is 2.04. The molecular formula is C17H19N5. The van der Waals surface area contributed by atoms with Gasteiger partial charge in [0, 0.05) is 25.5 Å². The van der Waals surface area contributed by atoms with Crippen molar-refractivity contribution < 1.29 is 0 Å². The molecule has 5 heteroatoms. The van der Waals surface area contributed by atoms with E-state index in [-0.39, 0.29) is 6.04 Å². The Bertz CT molecular complexity index is 780. The lowest BCUT2D eigenvalue weighted by Crippen LogP contribution is -2.26. The van der Waals surface area contributed by atoms with E-state index in [1.165, 1.54) is 5.52 Å². The van der Waals surface area contributed by atoms with Crippen molar-refractivity contribution in [3.8, 4) is 0 Å². The van der Waals surface area contributed by atoms with E-state index in [0.717, 1.165) is 43.2 Å². The minimum absolute atomic E-state index is 0.259. The lowest BCUT2D eigenvalue weighted by Gasteiger charge is -2.24. The quantitative estimate of drug-likeness (QED) is 0.744. The summed E-state index contributed by atoms with van der Waals surface area (Å²) in [6.07, 6.45) is 5.86. The number of nitrogens with zero attached hydrogens (tertiary/aromatic N) is 5. The minimum Gasteiger partial charge on any atom is -0.331 e. The Morgan fingerprint density at radius 1 is 1.14 bits per heavy atom. The first-order chi connectivity index (χ1) is 10.9. The highest BCUT2D eigenvalue weighted by molar-refractivity contribution is 5.76. The normalized spacial score (nSPS) is 18.2. The first-order valence-corrected chi connectivity index (χ1v) is 7.87. The van der Waals surface area contributed by atoms with Crippen LogP contribution in [0.1, 0.15) is 31.6 Å². The van der Waals surface area contributed by atoms with Crippen LogP contribution >= 0.6 is 0 Å². The zero-order chi connectivity index (χ0) is 14.9. The van der Waals surface area contributed by atoms with Crippen LogP contribution in [-0.2, 0) is 6.54 Å². The van der Waals surface area contributed by atoms with Crippen molar-refractivity contribution >= 4 is 17.0 Å². The summed E-state index contributed by atoms with van der Waals surface area (Å²) in [5, 5.41) is 0. The molecule has 0 saturated carbocycles. The van der Waals surface area contributed by atoms with Gasteiger partial charge >= 0.3 is 0 Å². The molecule has 1 aliphatic heterocycles. The van der Waals surface area contributed by atoms with Crippen molar-refractivity contribution in [2.24, 2.45) is 0 Å². The van der Waals surface area contributed by atoms with Crippen LogP contribution in [0.2, 0.25) is 0 Å². The van der Waals surface area contributed by atoms with E-state index in [4.69, 9.17) is 4.98 Å². The summed E-state index contributed by atoms with van der Waals surface area (Å²) in [6, 6.07) is 10.5. The van der Waals surface area contributed by atoms with Gasteiger partial charge in [-0.15, -0.1) is 0 Å². The van der Waals surface area contributed by atoms with Crippen LogP contribution in [-0.4, -0.2) is 26.1 Å². The SMILES string of the molecule is CCn1c([C@@H]2CCCN2c2ncccn2)nc2ccccc21. The highest BCUT2D eigenvalue weighted by Crippen LogP contribution is 2.35. The average Bonchev–Trinajstić information content (AvgIpc) is 3.19. The summed E-state index contributed by atoms with van der Waals surface area (Å²) in [7, 11) is 0. The van der Waals surface area contributed by atoms with E-state index in [1.807, 2.05) is 12.1 Å². The van der Waals surface area contributed by atoms with Gasteiger partial charge in [0.25, 0.3) is 0 Å². The summed E-state index contributed by atoms with van der Waals surface area (Å²) in [5.41, 5.74) is 2.28. The summed E-state index contributed by atoms with van der Waals surface area (Å²) in [4.78, 5) is 16.0. The van der Waals surface area contributed by atoms with Crippen molar-refractivity contribution in [2.75, 3.05) is 11.4 Å². The number of fused-ring (bicyclic) bond motifs is 1. The Morgan fingerprint density at radius 3 is 2.77 bits per heavy atom. The summed E-state index contributed by atoms with van der Waals surface area (Å²) < 4.78 is 2.32. The molecule has 0 amide bonds. The predicted molar refractivity (Wildman–Crippen MR) is 86.8 cm³/mol. The van der Waals surface area contributed by atoms with Crippen molar-refractivity contribution in [3.63, 3.8) is 0 Å². The summed E-state index contributed by atoms with van der Waals surface area (Å²) in [6.45, 7) is 4.09. The third-order valence-electron chi connectivity index (χ3n) is 4.36. The topological polar surface area (TPSA) is 46.8 Å². The number of imidazole rings is 1. The van der Waals surface area contributed by atoms with Gasteiger partial charge in [-0.05, 0) is 38.0 Å². The van der Waals surface area contributed by atoms with E-state index in [0.29, 0.717) is 0 Å². The van der Waals surface area contributed by atoms with Crippen LogP contribution in [0.5, 0.6) is 0 Å². The minimum atomic E-state index is 0.259. The number of aromatic nitrogens is 4. The number of hydrogen-bond acceptors (Lipinski definition) is 4. The molecule has 0 N–H and O–H groups in total. The molecule has 0 spiro atoms. The van der Waals surface area contributed by atoms with E-state index < -0.39 is 0 Å². The van der Waals surface area contributed by atoms with Crippen LogP contribution in [0.15, 0.2) is 42.7 Å². The molecule has 0 radical (unpaired) electrons. The molecule has 22 heavy (non-hydrogen) atoms. The predicted octanol–water partition coefficient (Wildman–Crippen LogP) is 3.19. The van der Waals surface area contributed by atoms with Crippen LogP contribution < -0.4 is 4.90 Å². The van der Waals surface area contributed by atoms with Crippen LogP contribution in [0.3, 0.4) is 0 Å². The van der Waals surface area contributed by atoms with E-state index in [1.54, 1.807) is 12.4 Å². The largest absolute Gasteiger partial charge is 0.331 e. The zero-order valence-electron chi connectivity index (χ0n) is 12.7. The molecule has 5 nitrogen and oxygen atoms in total. The van der Waals surface area contributed by atoms with Gasteiger partial charge in [-0.1, -0.05) is 12.1 Å². The second-order valence-electron chi connectivity index (χ2n) is 5.60. The van der Waals surface area contributed by atoms with Gasteiger partial charge in [0.2, 0.25) is 5.95 Å². The second kappa shape index (κ2) is 5.40. The number of aryl methyl sites for hydroxylation is 1. The molecule has 0 unspecified atom stereocenters. The second-order valence-corrected chi connectivity index (χ2v) is 5.60. The molecule has 1 aliphatic rings. The molecule has 3 aromatic rings. The van der Waals surface area contributed by atoms with Gasteiger partial charge in [-0.2, -0.15) is 0 Å². The molecule has 0 bridgehead atoms. The van der Waals surface area contributed by atoms with Crippen molar-refractivity contribution in [1.82, 2.24) is 19.5 Å². The number of rotatable bonds is 3. The van der Waals surface area contributed by atoms with Gasteiger partial charge < -0.3 is 9.47 Å². The Morgan fingerprint density at radius 2 is 1.95 bits per heavy atom. The molecule has 3 heterocycles. The maximum absolute atomic E-state index is 4.91. The van der Waals surface area contributed by atoms with Gasteiger partial charge in [0.05, 0.1) is 17.1 Å². The lowest BCUT2D eigenvalue weighted by atomic mass is 10.2. The molecule has 2 aromatic heterocycles. The first kappa shape index (κ1) is 13.2. The fourth-order valence-corrected chi connectivity index (χ4v) is 3.39. The number of benzene rings is 1. The maximum atomic E-state index is 4.91. The summed E-state index contributed by atoms with van der Waals surface area (Å²) >= 11 is 0. The van der Waals surface area contributed by atoms with Gasteiger partial charge in [0.15, 0.2) is 0 Å². The molecule has 4 rings (SSSR count). The molecule has 112 valence electrons. The average molecular weight is 293 g/mol. The molecule has 1 saturated heterocycles. The molecule has 0 aliphatic carbocycles. The lowest BCUT2D eigenvalue weighted by molar-refractivity contribution is 0.602. The molecule has 1 atom stereocenters. The zero-order valence-corrected chi connectivity index (χ0v) is 12.7. The Hall–Kier alpha value is -2.43. The van der Waals surface area contributed by atoms with Crippen molar-refractivity contribution in [1.29, 1.82) is 0 Å². The van der Waals surface area contributed by atoms with Gasteiger partial charge in [-0.3, -0.25) is 0 Å². The fourth-order valence-electron chi connectivity index (χ4n) is 3.39. The monoisotopic (exact) mass is 293 g/mol. The smallest absolute Gasteiger partial charge is 0.225 e. The third-order valence-corrected chi connectivity index (χ3v) is 4.36. The Labute approximate surface area is 129 Å². The van der Waals surface area contributed by atoms with E-state index in [2.05, 4.69) is 44.6 Å². The van der Waals surface area contributed by atoms with Crippen LogP contribution in [0.25, 0.3) is 11.0 Å². The number of para-hydroxylation sites is 2. The Kier molecular flexibility index (Phi) is 3.25. The van der Waals surface area contributed by atoms with E-state index >= 15 is 0 Å². The van der Waals surface area contributed by atoms with Crippen LogP contribution in [0.4, 0.5) is 5.95 Å². The molecular weight excluding hydrogens is 274 g/mol. The first-order valence-electron chi connectivity index (χ1n) is 7.87. The maximum Gasteiger partial charge on any atom is 0.225 e. The van der Waals surface area contributed by atoms with Gasteiger partial charge in [0.1, 0.15) is 5.82 Å². The fraction of sp³-hybridized carbons (Fsp3) is 0.353. The molecule has 1 aromatic carbocycles. The van der Waals surface area contributed by atoms with Crippen LogP contribution in [0, 0.1) is 0 Å². The number of anilines is 1. The molecule has 1 fully saturated rings.